The Morgan fingerprint density at radius 1 is 0.893 bits per heavy atom. The van der Waals surface area contributed by atoms with Gasteiger partial charge in [-0.2, -0.15) is 0 Å². The summed E-state index contributed by atoms with van der Waals surface area (Å²) in [7, 11) is 0. The highest BCUT2D eigenvalue weighted by atomic mass is 16.5. The van der Waals surface area contributed by atoms with Gasteiger partial charge in [0.05, 0.1) is 0 Å². The number of ketones is 1. The summed E-state index contributed by atoms with van der Waals surface area (Å²) >= 11 is 0. The lowest BCUT2D eigenvalue weighted by molar-refractivity contribution is 0.104. The number of benzene rings is 2. The number of carbonyl (C=O) groups excluding carboxylic acids is 1. The van der Waals surface area contributed by atoms with Crippen LogP contribution < -0.4 is 9.47 Å². The molecule has 4 nitrogen and oxygen atoms in total. The molecule has 0 heterocycles. The van der Waals surface area contributed by atoms with Gasteiger partial charge in [-0.1, -0.05) is 6.08 Å². The van der Waals surface area contributed by atoms with Crippen molar-refractivity contribution in [1.82, 2.24) is 0 Å². The first kappa shape index (κ1) is 21.5. The lowest BCUT2D eigenvalue weighted by Crippen LogP contribution is -2.25. The second kappa shape index (κ2) is 8.09. The Bertz CT molecular complexity index is 826. The fraction of sp³-hybridized carbons (Fsp3) is 0.375. The number of allylic oxidation sites excluding steroid dienone is 1. The quantitative estimate of drug-likeness (QED) is 0.513. The van der Waals surface area contributed by atoms with Crippen LogP contribution in [0.15, 0.2) is 42.5 Å². The first-order chi connectivity index (χ1) is 12.8. The van der Waals surface area contributed by atoms with E-state index in [2.05, 4.69) is 0 Å². The van der Waals surface area contributed by atoms with Gasteiger partial charge in [0.2, 0.25) is 0 Å². The molecular weight excluding hydrogens is 352 g/mol. The first-order valence-corrected chi connectivity index (χ1v) is 9.38. The monoisotopic (exact) mass is 382 g/mol. The van der Waals surface area contributed by atoms with Gasteiger partial charge in [0.15, 0.2) is 5.78 Å². The van der Waals surface area contributed by atoms with Crippen molar-refractivity contribution < 1.29 is 19.4 Å². The standard InChI is InChI=1S/C24H30O4/c1-16-21(27-23(2,3)4)14-17(15-22(16)28-24(5,6)7)8-13-20(26)18-9-11-19(25)12-10-18/h8-15,25H,1-7H3. The number of carbonyl (C=O) groups is 1. The molecule has 2 aromatic rings. The third-order valence-corrected chi connectivity index (χ3v) is 3.75. The molecule has 150 valence electrons. The maximum Gasteiger partial charge on any atom is 0.185 e. The van der Waals surface area contributed by atoms with Gasteiger partial charge < -0.3 is 14.6 Å². The van der Waals surface area contributed by atoms with E-state index in [1.807, 2.05) is 60.6 Å². The molecule has 0 saturated carbocycles. The average molecular weight is 383 g/mol. The number of rotatable bonds is 5. The highest BCUT2D eigenvalue weighted by Gasteiger charge is 2.19. The Morgan fingerprint density at radius 2 is 1.36 bits per heavy atom. The van der Waals surface area contributed by atoms with Crippen molar-refractivity contribution >= 4 is 11.9 Å². The summed E-state index contributed by atoms with van der Waals surface area (Å²) in [5, 5.41) is 9.36. The summed E-state index contributed by atoms with van der Waals surface area (Å²) in [6, 6.07) is 10.0. The summed E-state index contributed by atoms with van der Waals surface area (Å²) in [4.78, 5) is 12.4. The molecule has 0 spiro atoms. The van der Waals surface area contributed by atoms with E-state index in [-0.39, 0.29) is 22.7 Å². The van der Waals surface area contributed by atoms with Crippen molar-refractivity contribution in [3.63, 3.8) is 0 Å². The van der Waals surface area contributed by atoms with E-state index in [4.69, 9.17) is 9.47 Å². The van der Waals surface area contributed by atoms with E-state index in [0.717, 1.165) is 22.6 Å². The van der Waals surface area contributed by atoms with Crippen molar-refractivity contribution in [1.29, 1.82) is 0 Å². The van der Waals surface area contributed by atoms with E-state index in [9.17, 15) is 9.90 Å². The molecule has 0 fully saturated rings. The third-order valence-electron chi connectivity index (χ3n) is 3.75. The van der Waals surface area contributed by atoms with Crippen molar-refractivity contribution in [3.05, 3.63) is 59.2 Å². The van der Waals surface area contributed by atoms with Crippen LogP contribution in [-0.2, 0) is 0 Å². The molecule has 0 saturated heterocycles. The van der Waals surface area contributed by atoms with Crippen LogP contribution in [0.3, 0.4) is 0 Å². The van der Waals surface area contributed by atoms with Crippen molar-refractivity contribution in [3.8, 4) is 17.2 Å². The zero-order valence-electron chi connectivity index (χ0n) is 17.8. The van der Waals surface area contributed by atoms with Gasteiger partial charge in [-0.15, -0.1) is 0 Å². The zero-order valence-corrected chi connectivity index (χ0v) is 17.8. The molecule has 0 aromatic heterocycles. The van der Waals surface area contributed by atoms with E-state index in [0.29, 0.717) is 5.56 Å². The minimum absolute atomic E-state index is 0.131. The van der Waals surface area contributed by atoms with Crippen LogP contribution in [0.4, 0.5) is 0 Å². The topological polar surface area (TPSA) is 55.8 Å². The van der Waals surface area contributed by atoms with E-state index in [1.165, 1.54) is 18.2 Å². The minimum Gasteiger partial charge on any atom is -0.508 e. The SMILES string of the molecule is Cc1c(OC(C)(C)C)cc(C=CC(=O)c2ccc(O)cc2)cc1OC(C)(C)C. The van der Waals surface area contributed by atoms with Crippen LogP contribution in [0.1, 0.15) is 63.0 Å². The number of hydrogen-bond donors (Lipinski definition) is 1. The van der Waals surface area contributed by atoms with Crippen molar-refractivity contribution in [2.75, 3.05) is 0 Å². The summed E-state index contributed by atoms with van der Waals surface area (Å²) in [5.74, 6) is 1.45. The summed E-state index contributed by atoms with van der Waals surface area (Å²) in [6.45, 7) is 13.9. The van der Waals surface area contributed by atoms with Crippen LogP contribution in [0.25, 0.3) is 6.08 Å². The van der Waals surface area contributed by atoms with Crippen LogP contribution in [0.5, 0.6) is 17.2 Å². The second-order valence-electron chi connectivity index (χ2n) is 8.82. The number of phenols is 1. The predicted octanol–water partition coefficient (Wildman–Crippen LogP) is 5.95. The Hall–Kier alpha value is -2.75. The Balaban J connectivity index is 2.38. The number of hydrogen-bond acceptors (Lipinski definition) is 4. The molecule has 2 aromatic carbocycles. The molecule has 28 heavy (non-hydrogen) atoms. The van der Waals surface area contributed by atoms with Crippen molar-refractivity contribution in [2.24, 2.45) is 0 Å². The third kappa shape index (κ3) is 6.45. The molecule has 0 amide bonds. The fourth-order valence-corrected chi connectivity index (χ4v) is 2.54. The molecule has 4 heteroatoms. The van der Waals surface area contributed by atoms with Gasteiger partial charge in [-0.05, 0) is 96.5 Å². The van der Waals surface area contributed by atoms with Crippen LogP contribution in [0, 0.1) is 6.92 Å². The van der Waals surface area contributed by atoms with E-state index >= 15 is 0 Å². The molecule has 0 aliphatic heterocycles. The Labute approximate surface area is 167 Å². The molecule has 0 aliphatic carbocycles. The molecular formula is C24H30O4. The fourth-order valence-electron chi connectivity index (χ4n) is 2.54. The number of aromatic hydroxyl groups is 1. The Kier molecular flexibility index (Phi) is 6.23. The lowest BCUT2D eigenvalue weighted by atomic mass is 10.1. The van der Waals surface area contributed by atoms with Crippen LogP contribution in [-0.4, -0.2) is 22.1 Å². The van der Waals surface area contributed by atoms with E-state index < -0.39 is 0 Å². The van der Waals surface area contributed by atoms with Gasteiger partial charge >= 0.3 is 0 Å². The van der Waals surface area contributed by atoms with Gasteiger partial charge in [-0.3, -0.25) is 4.79 Å². The molecule has 1 N–H and O–H groups in total. The summed E-state index contributed by atoms with van der Waals surface area (Å²) in [6.07, 6.45) is 3.26. The molecule has 0 atom stereocenters. The van der Waals surface area contributed by atoms with Crippen LogP contribution in [0.2, 0.25) is 0 Å². The smallest absolute Gasteiger partial charge is 0.185 e. The predicted molar refractivity (Wildman–Crippen MR) is 113 cm³/mol. The lowest BCUT2D eigenvalue weighted by Gasteiger charge is -2.27. The van der Waals surface area contributed by atoms with E-state index in [1.54, 1.807) is 18.2 Å². The highest BCUT2D eigenvalue weighted by molar-refractivity contribution is 6.06. The second-order valence-corrected chi connectivity index (χ2v) is 8.82. The summed E-state index contributed by atoms with van der Waals surface area (Å²) < 4.78 is 12.2. The highest BCUT2D eigenvalue weighted by Crippen LogP contribution is 2.34. The average Bonchev–Trinajstić information content (AvgIpc) is 2.54. The normalized spacial score (nSPS) is 12.2. The number of phenolic OH excluding ortho intramolecular Hbond substituents is 1. The molecule has 2 rings (SSSR count). The maximum atomic E-state index is 12.4. The largest absolute Gasteiger partial charge is 0.508 e. The molecule has 0 aliphatic rings. The van der Waals surface area contributed by atoms with Gasteiger partial charge in [0.1, 0.15) is 28.5 Å². The first-order valence-electron chi connectivity index (χ1n) is 9.38. The van der Waals surface area contributed by atoms with Gasteiger partial charge in [-0.25, -0.2) is 0 Å². The maximum absolute atomic E-state index is 12.4. The summed E-state index contributed by atoms with van der Waals surface area (Å²) in [5.41, 5.74) is 1.55. The minimum atomic E-state index is -0.353. The van der Waals surface area contributed by atoms with Gasteiger partial charge in [0, 0.05) is 11.1 Å². The number of ether oxygens (including phenoxy) is 2. The van der Waals surface area contributed by atoms with Gasteiger partial charge in [0.25, 0.3) is 0 Å². The molecule has 0 bridgehead atoms. The van der Waals surface area contributed by atoms with Crippen molar-refractivity contribution in [2.45, 2.75) is 59.7 Å². The molecule has 0 radical (unpaired) electrons. The molecule has 0 unspecified atom stereocenters. The van der Waals surface area contributed by atoms with Crippen LogP contribution >= 0.6 is 0 Å². The zero-order chi connectivity index (χ0) is 21.1. The Morgan fingerprint density at radius 3 is 1.79 bits per heavy atom.